The van der Waals surface area contributed by atoms with Crippen LogP contribution in [0.5, 0.6) is 5.75 Å². The second kappa shape index (κ2) is 7.06. The van der Waals surface area contributed by atoms with Gasteiger partial charge in [-0.25, -0.2) is 4.39 Å². The fraction of sp³-hybridized carbons (Fsp3) is 0.375. The highest BCUT2D eigenvalue weighted by Crippen LogP contribution is 2.13. The summed E-state index contributed by atoms with van der Waals surface area (Å²) in [5.74, 6) is 0.0158. The number of benzene rings is 1. The Bertz CT molecular complexity index is 623. The average Bonchev–Trinajstić information content (AvgIpc) is 2.89. The first-order valence-corrected chi connectivity index (χ1v) is 7.11. The van der Waals surface area contributed by atoms with Crippen LogP contribution in [0.3, 0.4) is 0 Å². The largest absolute Gasteiger partial charge is 0.484 e. The number of aryl methyl sites for hydroxylation is 1. The monoisotopic (exact) mass is 305 g/mol. The van der Waals surface area contributed by atoms with Crippen LogP contribution < -0.4 is 4.74 Å². The van der Waals surface area contributed by atoms with E-state index in [9.17, 15) is 9.18 Å². The number of hydrogen-bond acceptors (Lipinski definition) is 3. The molecule has 0 saturated carbocycles. The number of carbonyl (C=O) groups is 1. The summed E-state index contributed by atoms with van der Waals surface area (Å²) >= 11 is 0. The molecule has 0 aliphatic rings. The third-order valence-electron chi connectivity index (χ3n) is 3.23. The van der Waals surface area contributed by atoms with Crippen molar-refractivity contribution in [3.05, 3.63) is 48.0 Å². The van der Waals surface area contributed by atoms with Crippen molar-refractivity contribution in [2.45, 2.75) is 26.4 Å². The Morgan fingerprint density at radius 2 is 2.05 bits per heavy atom. The molecule has 0 bridgehead atoms. The standard InChI is InChI=1S/C16H20FN3O2/c1-12(2)20(10-13-8-18-19(3)9-13)16(21)11-22-15-6-4-14(17)5-7-15/h4-9,12H,10-11H2,1-3H3. The third-order valence-corrected chi connectivity index (χ3v) is 3.23. The molecule has 5 nitrogen and oxygen atoms in total. The molecule has 0 N–H and O–H groups in total. The molecule has 0 fully saturated rings. The lowest BCUT2D eigenvalue weighted by Crippen LogP contribution is -2.39. The maximum absolute atomic E-state index is 12.8. The predicted molar refractivity (Wildman–Crippen MR) is 80.8 cm³/mol. The van der Waals surface area contributed by atoms with Crippen molar-refractivity contribution in [3.63, 3.8) is 0 Å². The summed E-state index contributed by atoms with van der Waals surface area (Å²) in [5.41, 5.74) is 0.964. The Balaban J connectivity index is 1.96. The van der Waals surface area contributed by atoms with Crippen LogP contribution in [0.25, 0.3) is 0 Å². The Morgan fingerprint density at radius 3 is 2.59 bits per heavy atom. The topological polar surface area (TPSA) is 47.4 Å². The quantitative estimate of drug-likeness (QED) is 0.823. The minimum atomic E-state index is -0.334. The van der Waals surface area contributed by atoms with Gasteiger partial charge in [0.1, 0.15) is 11.6 Å². The zero-order chi connectivity index (χ0) is 16.1. The number of hydrogen-bond donors (Lipinski definition) is 0. The summed E-state index contributed by atoms with van der Waals surface area (Å²) in [6.07, 6.45) is 3.62. The van der Waals surface area contributed by atoms with E-state index in [1.54, 1.807) is 15.8 Å². The zero-order valence-corrected chi connectivity index (χ0v) is 13.0. The maximum atomic E-state index is 12.8. The Hall–Kier alpha value is -2.37. The highest BCUT2D eigenvalue weighted by molar-refractivity contribution is 5.78. The van der Waals surface area contributed by atoms with Crippen LogP contribution in [0.1, 0.15) is 19.4 Å². The Morgan fingerprint density at radius 1 is 1.36 bits per heavy atom. The fourth-order valence-electron chi connectivity index (χ4n) is 2.07. The van der Waals surface area contributed by atoms with E-state index in [0.29, 0.717) is 12.3 Å². The van der Waals surface area contributed by atoms with Gasteiger partial charge in [0, 0.05) is 31.4 Å². The molecule has 6 heteroatoms. The van der Waals surface area contributed by atoms with Crippen molar-refractivity contribution in [2.75, 3.05) is 6.61 Å². The second-order valence-electron chi connectivity index (χ2n) is 5.38. The van der Waals surface area contributed by atoms with Crippen molar-refractivity contribution in [3.8, 4) is 5.75 Å². The van der Waals surface area contributed by atoms with E-state index >= 15 is 0 Å². The molecule has 0 unspecified atom stereocenters. The minimum Gasteiger partial charge on any atom is -0.484 e. The smallest absolute Gasteiger partial charge is 0.261 e. The van der Waals surface area contributed by atoms with Gasteiger partial charge in [0.2, 0.25) is 0 Å². The van der Waals surface area contributed by atoms with Gasteiger partial charge in [-0.15, -0.1) is 0 Å². The molecular weight excluding hydrogens is 285 g/mol. The Labute approximate surface area is 129 Å². The lowest BCUT2D eigenvalue weighted by atomic mass is 10.2. The molecule has 1 aromatic heterocycles. The summed E-state index contributed by atoms with van der Waals surface area (Å²) < 4.78 is 19.9. The van der Waals surface area contributed by atoms with Gasteiger partial charge in [-0.3, -0.25) is 9.48 Å². The normalized spacial score (nSPS) is 10.8. The summed E-state index contributed by atoms with van der Waals surface area (Å²) in [6.45, 7) is 4.31. The molecular formula is C16H20FN3O2. The number of ether oxygens (including phenoxy) is 1. The van der Waals surface area contributed by atoms with E-state index in [-0.39, 0.29) is 24.4 Å². The molecule has 0 aliphatic carbocycles. The van der Waals surface area contributed by atoms with Gasteiger partial charge in [0.05, 0.1) is 6.20 Å². The van der Waals surface area contributed by atoms with Crippen LogP contribution in [0.4, 0.5) is 4.39 Å². The highest BCUT2D eigenvalue weighted by atomic mass is 19.1. The highest BCUT2D eigenvalue weighted by Gasteiger charge is 2.18. The van der Waals surface area contributed by atoms with Gasteiger partial charge in [0.25, 0.3) is 5.91 Å². The summed E-state index contributed by atoms with van der Waals surface area (Å²) in [5, 5.41) is 4.10. The molecule has 1 amide bonds. The fourth-order valence-corrected chi connectivity index (χ4v) is 2.07. The van der Waals surface area contributed by atoms with Crippen LogP contribution in [-0.4, -0.2) is 33.2 Å². The molecule has 22 heavy (non-hydrogen) atoms. The van der Waals surface area contributed by atoms with Gasteiger partial charge in [-0.1, -0.05) is 0 Å². The van der Waals surface area contributed by atoms with Crippen LogP contribution in [-0.2, 0) is 18.4 Å². The van der Waals surface area contributed by atoms with Crippen molar-refractivity contribution < 1.29 is 13.9 Å². The number of amides is 1. The number of carbonyl (C=O) groups excluding carboxylic acids is 1. The molecule has 2 aromatic rings. The zero-order valence-electron chi connectivity index (χ0n) is 13.0. The van der Waals surface area contributed by atoms with E-state index < -0.39 is 0 Å². The molecule has 0 radical (unpaired) electrons. The van der Waals surface area contributed by atoms with Crippen molar-refractivity contribution in [1.82, 2.24) is 14.7 Å². The molecule has 2 rings (SSSR count). The van der Waals surface area contributed by atoms with Gasteiger partial charge >= 0.3 is 0 Å². The first-order chi connectivity index (χ1) is 10.5. The van der Waals surface area contributed by atoms with Crippen LogP contribution >= 0.6 is 0 Å². The molecule has 0 spiro atoms. The van der Waals surface area contributed by atoms with Crippen molar-refractivity contribution in [2.24, 2.45) is 7.05 Å². The van der Waals surface area contributed by atoms with Crippen molar-refractivity contribution in [1.29, 1.82) is 0 Å². The van der Waals surface area contributed by atoms with E-state index in [1.807, 2.05) is 27.1 Å². The van der Waals surface area contributed by atoms with Crippen LogP contribution in [0.15, 0.2) is 36.7 Å². The first kappa shape index (κ1) is 16.0. The SMILES string of the molecule is CC(C)N(Cc1cnn(C)c1)C(=O)COc1ccc(F)cc1. The van der Waals surface area contributed by atoms with Crippen LogP contribution in [0.2, 0.25) is 0 Å². The van der Waals surface area contributed by atoms with Gasteiger partial charge in [-0.2, -0.15) is 5.10 Å². The molecule has 118 valence electrons. The van der Waals surface area contributed by atoms with Crippen molar-refractivity contribution >= 4 is 5.91 Å². The van der Waals surface area contributed by atoms with Gasteiger partial charge < -0.3 is 9.64 Å². The van der Waals surface area contributed by atoms with E-state index in [1.165, 1.54) is 24.3 Å². The van der Waals surface area contributed by atoms with E-state index in [0.717, 1.165) is 5.56 Å². The van der Waals surface area contributed by atoms with E-state index in [4.69, 9.17) is 4.74 Å². The number of aromatic nitrogens is 2. The minimum absolute atomic E-state index is 0.0459. The number of halogens is 1. The second-order valence-corrected chi connectivity index (χ2v) is 5.38. The lowest BCUT2D eigenvalue weighted by Gasteiger charge is -2.26. The predicted octanol–water partition coefficient (Wildman–Crippen LogP) is 2.38. The Kier molecular flexibility index (Phi) is 5.14. The molecule has 1 aromatic carbocycles. The maximum Gasteiger partial charge on any atom is 0.261 e. The number of nitrogens with zero attached hydrogens (tertiary/aromatic N) is 3. The molecule has 0 saturated heterocycles. The molecule has 0 aliphatic heterocycles. The summed E-state index contributed by atoms with van der Waals surface area (Å²) in [6, 6.07) is 5.66. The first-order valence-electron chi connectivity index (χ1n) is 7.11. The van der Waals surface area contributed by atoms with Crippen LogP contribution in [0, 0.1) is 5.82 Å². The molecule has 0 atom stereocenters. The average molecular weight is 305 g/mol. The molecule has 1 heterocycles. The summed E-state index contributed by atoms with van der Waals surface area (Å²) in [7, 11) is 1.84. The third kappa shape index (κ3) is 4.31. The van der Waals surface area contributed by atoms with Gasteiger partial charge in [0.15, 0.2) is 6.61 Å². The van der Waals surface area contributed by atoms with Gasteiger partial charge in [-0.05, 0) is 38.1 Å². The number of rotatable bonds is 6. The van der Waals surface area contributed by atoms with E-state index in [2.05, 4.69) is 5.10 Å². The summed E-state index contributed by atoms with van der Waals surface area (Å²) in [4.78, 5) is 14.1. The lowest BCUT2D eigenvalue weighted by molar-refractivity contribution is -0.135.